The van der Waals surface area contributed by atoms with Gasteiger partial charge in [-0.15, -0.1) is 11.3 Å². The first-order valence-corrected chi connectivity index (χ1v) is 8.17. The van der Waals surface area contributed by atoms with Crippen molar-refractivity contribution in [3.05, 3.63) is 51.3 Å². The van der Waals surface area contributed by atoms with Crippen LogP contribution < -0.4 is 5.56 Å². The number of hydrogen-bond acceptors (Lipinski definition) is 6. The molecule has 3 aromatic rings. The molecule has 6 nitrogen and oxygen atoms in total. The number of ether oxygens (including phenoxy) is 1. The Balaban J connectivity index is 1.96. The molecule has 0 saturated carbocycles. The quantitative estimate of drug-likeness (QED) is 0.672. The van der Waals surface area contributed by atoms with Crippen LogP contribution in [0.25, 0.3) is 10.2 Å². The molecule has 0 bridgehead atoms. The van der Waals surface area contributed by atoms with Crippen molar-refractivity contribution in [1.82, 2.24) is 9.55 Å². The number of thiophene rings is 1. The van der Waals surface area contributed by atoms with Gasteiger partial charge in [0.1, 0.15) is 16.2 Å². The normalized spacial score (nSPS) is 11.0. The standard InChI is InChI=1S/C16H16N2O4S/c1-3-10-7-12-14(23-10)17-9-18(15(12)19)8-13-11(5-6-22-13)16(20)21-4-2/h5-7,9H,3-4,8H2,1-2H3. The molecule has 0 fully saturated rings. The van der Waals surface area contributed by atoms with Crippen LogP contribution in [0.3, 0.4) is 0 Å². The molecule has 3 heterocycles. The topological polar surface area (TPSA) is 74.3 Å². The van der Waals surface area contributed by atoms with Crippen molar-refractivity contribution in [1.29, 1.82) is 0 Å². The van der Waals surface area contributed by atoms with Crippen molar-refractivity contribution < 1.29 is 13.9 Å². The van der Waals surface area contributed by atoms with Crippen molar-refractivity contribution in [2.24, 2.45) is 0 Å². The summed E-state index contributed by atoms with van der Waals surface area (Å²) < 4.78 is 11.8. The smallest absolute Gasteiger partial charge is 0.341 e. The highest BCUT2D eigenvalue weighted by molar-refractivity contribution is 7.18. The van der Waals surface area contributed by atoms with E-state index >= 15 is 0 Å². The minimum absolute atomic E-state index is 0.139. The van der Waals surface area contributed by atoms with Gasteiger partial charge in [-0.05, 0) is 25.5 Å². The van der Waals surface area contributed by atoms with E-state index in [-0.39, 0.29) is 18.7 Å². The average Bonchev–Trinajstić information content (AvgIpc) is 3.17. The van der Waals surface area contributed by atoms with Crippen molar-refractivity contribution in [3.63, 3.8) is 0 Å². The molecule has 0 unspecified atom stereocenters. The summed E-state index contributed by atoms with van der Waals surface area (Å²) in [6.07, 6.45) is 3.77. The molecule has 0 aromatic carbocycles. The number of furan rings is 1. The summed E-state index contributed by atoms with van der Waals surface area (Å²) in [6.45, 7) is 4.20. The lowest BCUT2D eigenvalue weighted by atomic mass is 10.2. The van der Waals surface area contributed by atoms with Crippen molar-refractivity contribution in [3.8, 4) is 0 Å². The van der Waals surface area contributed by atoms with E-state index in [9.17, 15) is 9.59 Å². The highest BCUT2D eigenvalue weighted by Crippen LogP contribution is 2.21. The number of fused-ring (bicyclic) bond motifs is 1. The van der Waals surface area contributed by atoms with Gasteiger partial charge in [-0.25, -0.2) is 9.78 Å². The first-order valence-electron chi connectivity index (χ1n) is 7.35. The summed E-state index contributed by atoms with van der Waals surface area (Å²) in [5, 5.41) is 0.596. The molecule has 0 N–H and O–H groups in total. The number of hydrogen-bond donors (Lipinski definition) is 0. The van der Waals surface area contributed by atoms with Gasteiger partial charge < -0.3 is 9.15 Å². The molecule has 120 valence electrons. The first kappa shape index (κ1) is 15.5. The predicted octanol–water partition coefficient (Wildman–Crippen LogP) is 2.84. The maximum absolute atomic E-state index is 12.6. The maximum atomic E-state index is 12.6. The van der Waals surface area contributed by atoms with Gasteiger partial charge >= 0.3 is 5.97 Å². The molecule has 0 spiro atoms. The van der Waals surface area contributed by atoms with Crippen molar-refractivity contribution in [2.45, 2.75) is 26.8 Å². The third-order valence-electron chi connectivity index (χ3n) is 3.47. The molecule has 0 atom stereocenters. The third-order valence-corrected chi connectivity index (χ3v) is 4.66. The Morgan fingerprint density at radius 3 is 3.00 bits per heavy atom. The van der Waals surface area contributed by atoms with E-state index in [4.69, 9.17) is 9.15 Å². The number of rotatable bonds is 5. The number of aromatic nitrogens is 2. The Labute approximate surface area is 136 Å². The molecular weight excluding hydrogens is 316 g/mol. The zero-order chi connectivity index (χ0) is 16.4. The second kappa shape index (κ2) is 6.37. The van der Waals surface area contributed by atoms with Crippen LogP contribution in [0, 0.1) is 0 Å². The molecular formula is C16H16N2O4S. The molecule has 7 heteroatoms. The van der Waals surface area contributed by atoms with Crippen LogP contribution in [0.15, 0.2) is 33.9 Å². The molecule has 23 heavy (non-hydrogen) atoms. The third kappa shape index (κ3) is 2.92. The highest BCUT2D eigenvalue weighted by Gasteiger charge is 2.17. The van der Waals surface area contributed by atoms with Gasteiger partial charge in [0.15, 0.2) is 0 Å². The SMILES string of the molecule is CCOC(=O)c1ccoc1Cn1cnc2sc(CC)cc2c1=O. The van der Waals surface area contributed by atoms with Crippen molar-refractivity contribution in [2.75, 3.05) is 6.61 Å². The van der Waals surface area contributed by atoms with Gasteiger partial charge in [-0.1, -0.05) is 6.92 Å². The minimum atomic E-state index is -0.456. The lowest BCUT2D eigenvalue weighted by Crippen LogP contribution is -2.21. The van der Waals surface area contributed by atoms with Gasteiger partial charge in [-0.2, -0.15) is 0 Å². The summed E-state index contributed by atoms with van der Waals surface area (Å²) in [7, 11) is 0. The molecule has 0 radical (unpaired) electrons. The second-order valence-electron chi connectivity index (χ2n) is 4.94. The van der Waals surface area contributed by atoms with Crippen LogP contribution in [0.2, 0.25) is 0 Å². The summed E-state index contributed by atoms with van der Waals surface area (Å²) in [6, 6.07) is 3.42. The van der Waals surface area contributed by atoms with Crippen LogP contribution in [0.1, 0.15) is 34.8 Å². The fourth-order valence-corrected chi connectivity index (χ4v) is 3.23. The zero-order valence-corrected chi connectivity index (χ0v) is 13.7. The van der Waals surface area contributed by atoms with E-state index in [2.05, 4.69) is 4.98 Å². The van der Waals surface area contributed by atoms with Crippen LogP contribution in [0.4, 0.5) is 0 Å². The number of carbonyl (C=O) groups excluding carboxylic acids is 1. The Morgan fingerprint density at radius 1 is 1.43 bits per heavy atom. The summed E-state index contributed by atoms with van der Waals surface area (Å²) in [5.41, 5.74) is 0.190. The van der Waals surface area contributed by atoms with Gasteiger partial charge in [0.25, 0.3) is 5.56 Å². The van der Waals surface area contributed by atoms with E-state index in [1.54, 1.807) is 13.0 Å². The first-order chi connectivity index (χ1) is 11.1. The minimum Gasteiger partial charge on any atom is -0.467 e. The van der Waals surface area contributed by atoms with Crippen LogP contribution in [-0.4, -0.2) is 22.1 Å². The maximum Gasteiger partial charge on any atom is 0.341 e. The van der Waals surface area contributed by atoms with E-state index in [0.29, 0.717) is 16.7 Å². The van der Waals surface area contributed by atoms with Crippen LogP contribution >= 0.6 is 11.3 Å². The number of carbonyl (C=O) groups is 1. The van der Waals surface area contributed by atoms with Crippen LogP contribution in [0.5, 0.6) is 0 Å². The van der Waals surface area contributed by atoms with Gasteiger partial charge in [0.05, 0.1) is 31.1 Å². The van der Waals surface area contributed by atoms with E-state index in [1.807, 2.05) is 13.0 Å². The fraction of sp³-hybridized carbons (Fsp3) is 0.312. The Morgan fingerprint density at radius 2 is 2.26 bits per heavy atom. The lowest BCUT2D eigenvalue weighted by molar-refractivity contribution is 0.0523. The fourth-order valence-electron chi connectivity index (χ4n) is 2.31. The highest BCUT2D eigenvalue weighted by atomic mass is 32.1. The largest absolute Gasteiger partial charge is 0.467 e. The molecule has 0 saturated heterocycles. The molecule has 0 aliphatic rings. The molecule has 3 aromatic heterocycles. The molecule has 3 rings (SSSR count). The van der Waals surface area contributed by atoms with E-state index < -0.39 is 5.97 Å². The Hall–Kier alpha value is -2.41. The molecule has 0 amide bonds. The van der Waals surface area contributed by atoms with E-state index in [1.165, 1.54) is 28.5 Å². The number of nitrogens with zero attached hydrogens (tertiary/aromatic N) is 2. The summed E-state index contributed by atoms with van der Waals surface area (Å²) >= 11 is 1.52. The zero-order valence-electron chi connectivity index (χ0n) is 12.9. The molecule has 0 aliphatic carbocycles. The summed E-state index contributed by atoms with van der Waals surface area (Å²) in [4.78, 5) is 30.6. The number of aryl methyl sites for hydroxylation is 1. The van der Waals surface area contributed by atoms with Gasteiger partial charge in [0, 0.05) is 4.88 Å². The Bertz CT molecular complexity index is 906. The van der Waals surface area contributed by atoms with Crippen LogP contribution in [-0.2, 0) is 17.7 Å². The number of esters is 1. The monoisotopic (exact) mass is 332 g/mol. The Kier molecular flexibility index (Phi) is 4.29. The second-order valence-corrected chi connectivity index (χ2v) is 6.06. The predicted molar refractivity (Wildman–Crippen MR) is 87.0 cm³/mol. The molecule has 0 aliphatic heterocycles. The lowest BCUT2D eigenvalue weighted by Gasteiger charge is -2.05. The average molecular weight is 332 g/mol. The van der Waals surface area contributed by atoms with Gasteiger partial charge in [0.2, 0.25) is 0 Å². The summed E-state index contributed by atoms with van der Waals surface area (Å²) in [5.74, 6) is -0.0696. The van der Waals surface area contributed by atoms with Gasteiger partial charge in [-0.3, -0.25) is 9.36 Å². The van der Waals surface area contributed by atoms with E-state index in [0.717, 1.165) is 16.1 Å². The van der Waals surface area contributed by atoms with Crippen molar-refractivity contribution >= 4 is 27.5 Å².